The van der Waals surface area contributed by atoms with Gasteiger partial charge in [-0.1, -0.05) is 64.2 Å². The van der Waals surface area contributed by atoms with Gasteiger partial charge in [0.15, 0.2) is 0 Å². The number of aliphatic hydroxyl groups is 2. The summed E-state index contributed by atoms with van der Waals surface area (Å²) in [6, 6.07) is 0. The van der Waals surface area contributed by atoms with Crippen LogP contribution >= 0.6 is 0 Å². The first kappa shape index (κ1) is 19.2. The number of rotatable bonds is 3. The van der Waals surface area contributed by atoms with E-state index >= 15 is 0 Å². The van der Waals surface area contributed by atoms with Crippen LogP contribution in [0.1, 0.15) is 103 Å². The topological polar surface area (TPSA) is 40.5 Å². The van der Waals surface area contributed by atoms with E-state index in [4.69, 9.17) is 0 Å². The minimum Gasteiger partial charge on any atom is -0.393 e. The Morgan fingerprint density at radius 1 is 0.385 bits per heavy atom. The maximum absolute atomic E-state index is 10.7. The van der Waals surface area contributed by atoms with Crippen LogP contribution < -0.4 is 0 Å². The molecule has 0 aromatic rings. The highest BCUT2D eigenvalue weighted by molar-refractivity contribution is 4.92. The summed E-state index contributed by atoms with van der Waals surface area (Å²) in [7, 11) is 0. The molecule has 4 aliphatic rings. The highest BCUT2D eigenvalue weighted by Crippen LogP contribution is 2.48. The zero-order valence-corrected chi connectivity index (χ0v) is 16.8. The largest absolute Gasteiger partial charge is 0.393 e. The Bertz CT molecular complexity index is 384. The lowest BCUT2D eigenvalue weighted by atomic mass is 9.61. The third-order valence-corrected chi connectivity index (χ3v) is 8.98. The van der Waals surface area contributed by atoms with E-state index in [-0.39, 0.29) is 12.2 Å². The molecule has 4 aliphatic carbocycles. The molecule has 6 atom stereocenters. The van der Waals surface area contributed by atoms with E-state index in [0.717, 1.165) is 36.5 Å². The molecule has 0 aliphatic heterocycles. The molecule has 0 amide bonds. The second kappa shape index (κ2) is 8.95. The Hall–Kier alpha value is -0.0800. The Kier molecular flexibility index (Phi) is 6.62. The molecule has 2 nitrogen and oxygen atoms in total. The van der Waals surface area contributed by atoms with Gasteiger partial charge >= 0.3 is 0 Å². The van der Waals surface area contributed by atoms with Gasteiger partial charge in [0.1, 0.15) is 0 Å². The smallest absolute Gasteiger partial charge is 0.0571 e. The van der Waals surface area contributed by atoms with E-state index in [0.29, 0.717) is 11.8 Å². The second-order valence-corrected chi connectivity index (χ2v) is 10.4. The predicted octanol–water partition coefficient (Wildman–Crippen LogP) is 5.70. The van der Waals surface area contributed by atoms with Crippen LogP contribution in [-0.4, -0.2) is 22.4 Å². The lowest BCUT2D eigenvalue weighted by Gasteiger charge is -2.46. The summed E-state index contributed by atoms with van der Waals surface area (Å²) in [5.74, 6) is 4.39. The lowest BCUT2D eigenvalue weighted by Crippen LogP contribution is -2.41. The number of hydrogen-bond acceptors (Lipinski definition) is 2. The lowest BCUT2D eigenvalue weighted by molar-refractivity contribution is -0.0385. The van der Waals surface area contributed by atoms with Gasteiger partial charge in [-0.05, 0) is 74.0 Å². The maximum atomic E-state index is 10.7. The molecule has 4 fully saturated rings. The normalized spacial score (nSPS) is 44.1. The molecule has 6 unspecified atom stereocenters. The first-order valence-electron chi connectivity index (χ1n) is 12.1. The summed E-state index contributed by atoms with van der Waals surface area (Å²) in [5.41, 5.74) is 0. The third kappa shape index (κ3) is 4.32. The van der Waals surface area contributed by atoms with Crippen molar-refractivity contribution in [3.05, 3.63) is 0 Å². The van der Waals surface area contributed by atoms with Crippen molar-refractivity contribution in [1.82, 2.24) is 0 Å². The van der Waals surface area contributed by atoms with E-state index in [9.17, 15) is 10.2 Å². The molecular formula is C24H42O2. The molecule has 0 aromatic heterocycles. The van der Waals surface area contributed by atoms with Crippen LogP contribution in [0.15, 0.2) is 0 Å². The van der Waals surface area contributed by atoms with Gasteiger partial charge in [-0.2, -0.15) is 0 Å². The van der Waals surface area contributed by atoms with Crippen molar-refractivity contribution in [3.8, 4) is 0 Å². The highest BCUT2D eigenvalue weighted by atomic mass is 16.3. The Morgan fingerprint density at radius 3 is 1.15 bits per heavy atom. The maximum Gasteiger partial charge on any atom is 0.0571 e. The monoisotopic (exact) mass is 362 g/mol. The minimum absolute atomic E-state index is 0.0299. The average molecular weight is 363 g/mol. The van der Waals surface area contributed by atoms with E-state index in [1.807, 2.05) is 0 Å². The van der Waals surface area contributed by atoms with Crippen molar-refractivity contribution in [2.75, 3.05) is 0 Å². The van der Waals surface area contributed by atoms with Gasteiger partial charge in [-0.25, -0.2) is 0 Å². The summed E-state index contributed by atoms with van der Waals surface area (Å²) >= 11 is 0. The van der Waals surface area contributed by atoms with Crippen LogP contribution in [0.2, 0.25) is 0 Å². The van der Waals surface area contributed by atoms with Crippen LogP contribution in [0.5, 0.6) is 0 Å². The van der Waals surface area contributed by atoms with Crippen LogP contribution in [0, 0.1) is 35.5 Å². The van der Waals surface area contributed by atoms with Gasteiger partial charge in [0.05, 0.1) is 12.2 Å². The molecule has 0 radical (unpaired) electrons. The molecule has 4 saturated carbocycles. The summed E-state index contributed by atoms with van der Waals surface area (Å²) in [6.45, 7) is 0. The van der Waals surface area contributed by atoms with Crippen molar-refractivity contribution < 1.29 is 10.2 Å². The molecule has 0 heterocycles. The van der Waals surface area contributed by atoms with Crippen LogP contribution in [0.25, 0.3) is 0 Å². The van der Waals surface area contributed by atoms with E-state index < -0.39 is 0 Å². The molecule has 26 heavy (non-hydrogen) atoms. The molecule has 0 spiro atoms. The van der Waals surface area contributed by atoms with Gasteiger partial charge in [0.2, 0.25) is 0 Å². The van der Waals surface area contributed by atoms with Crippen LogP contribution in [0.4, 0.5) is 0 Å². The first-order chi connectivity index (χ1) is 12.7. The molecule has 2 heteroatoms. The predicted molar refractivity (Wildman–Crippen MR) is 107 cm³/mol. The van der Waals surface area contributed by atoms with Crippen LogP contribution in [0.3, 0.4) is 0 Å². The fourth-order valence-electron chi connectivity index (χ4n) is 7.44. The molecule has 4 rings (SSSR count). The van der Waals surface area contributed by atoms with Crippen molar-refractivity contribution >= 4 is 0 Å². The fourth-order valence-corrected chi connectivity index (χ4v) is 7.44. The molecule has 0 aromatic carbocycles. The van der Waals surface area contributed by atoms with E-state index in [1.165, 1.54) is 89.9 Å². The van der Waals surface area contributed by atoms with Crippen molar-refractivity contribution in [3.63, 3.8) is 0 Å². The van der Waals surface area contributed by atoms with Gasteiger partial charge < -0.3 is 10.2 Å². The van der Waals surface area contributed by atoms with Crippen molar-refractivity contribution in [2.45, 2.75) is 115 Å². The zero-order valence-electron chi connectivity index (χ0n) is 16.8. The van der Waals surface area contributed by atoms with Gasteiger partial charge in [-0.15, -0.1) is 0 Å². The van der Waals surface area contributed by atoms with Gasteiger partial charge in [-0.3, -0.25) is 0 Å². The Morgan fingerprint density at radius 2 is 0.769 bits per heavy atom. The van der Waals surface area contributed by atoms with Crippen LogP contribution in [-0.2, 0) is 0 Å². The molecular weight excluding hydrogens is 320 g/mol. The van der Waals surface area contributed by atoms with E-state index in [1.54, 1.807) is 0 Å². The number of aliphatic hydroxyl groups excluding tert-OH is 2. The van der Waals surface area contributed by atoms with Crippen molar-refractivity contribution in [2.24, 2.45) is 35.5 Å². The summed E-state index contributed by atoms with van der Waals surface area (Å²) in [6.07, 6.45) is 20.9. The Balaban J connectivity index is 1.38. The zero-order chi connectivity index (χ0) is 17.9. The molecule has 0 bridgehead atoms. The summed E-state index contributed by atoms with van der Waals surface area (Å²) < 4.78 is 0. The average Bonchev–Trinajstić information content (AvgIpc) is 2.70. The molecule has 2 N–H and O–H groups in total. The second-order valence-electron chi connectivity index (χ2n) is 10.4. The van der Waals surface area contributed by atoms with Gasteiger partial charge in [0, 0.05) is 0 Å². The summed E-state index contributed by atoms with van der Waals surface area (Å²) in [5, 5.41) is 21.4. The SMILES string of the molecule is OC1CCC(C2CCC(O)C(C3CCCCC3)C2)CC1C1CCCCC1. The van der Waals surface area contributed by atoms with Crippen molar-refractivity contribution in [1.29, 1.82) is 0 Å². The highest BCUT2D eigenvalue weighted by Gasteiger charge is 2.42. The molecule has 150 valence electrons. The standard InChI is InChI=1S/C24H42O2/c25-23-13-11-19(15-21(23)17-7-3-1-4-8-17)20-12-14-24(26)22(16-20)18-9-5-2-6-10-18/h17-26H,1-16H2. The Labute approximate surface area is 161 Å². The fraction of sp³-hybridized carbons (Fsp3) is 1.00. The van der Waals surface area contributed by atoms with E-state index in [2.05, 4.69) is 0 Å². The minimum atomic E-state index is -0.0299. The quantitative estimate of drug-likeness (QED) is 0.676. The molecule has 0 saturated heterocycles. The first-order valence-corrected chi connectivity index (χ1v) is 12.1. The number of hydrogen-bond donors (Lipinski definition) is 2. The van der Waals surface area contributed by atoms with Gasteiger partial charge in [0.25, 0.3) is 0 Å². The summed E-state index contributed by atoms with van der Waals surface area (Å²) in [4.78, 5) is 0. The third-order valence-electron chi connectivity index (χ3n) is 8.98.